The molecule has 0 bridgehead atoms. The number of rotatable bonds is 6. The molecule has 0 aliphatic carbocycles. The van der Waals surface area contributed by atoms with Gasteiger partial charge < -0.3 is 15.5 Å². The molecule has 3 heterocycles. The van der Waals surface area contributed by atoms with Crippen molar-refractivity contribution >= 4 is 16.7 Å². The standard InChI is InChI=1S/C25H30F3N5.C4H10/c1-5-8-22(18(6-2)7-3)29-13-9-20-17-21-23(33(20)25(26,27)28)10-14-30-24(21)31-19-11-15-32(4)16-12-19;1-4(2)3/h5-6,8,10,14,17,19,29H,1,7,11-12,15-16H2,2-4H3,(H,30,31);4H,1-3H3/b18-6-,22-8+;. The van der Waals surface area contributed by atoms with Gasteiger partial charge in [-0.3, -0.25) is 0 Å². The van der Waals surface area contributed by atoms with Crippen molar-refractivity contribution in [2.45, 2.75) is 66.2 Å². The fourth-order valence-corrected chi connectivity index (χ4v) is 4.02. The summed E-state index contributed by atoms with van der Waals surface area (Å²) in [6.45, 7) is 16.0. The van der Waals surface area contributed by atoms with Crippen LogP contribution < -0.4 is 10.6 Å². The molecule has 37 heavy (non-hydrogen) atoms. The summed E-state index contributed by atoms with van der Waals surface area (Å²) in [5, 5.41) is 6.68. The van der Waals surface area contributed by atoms with E-state index in [9.17, 15) is 13.2 Å². The van der Waals surface area contributed by atoms with Gasteiger partial charge in [-0.1, -0.05) is 46.4 Å². The molecule has 0 atom stereocenters. The first-order valence-electron chi connectivity index (χ1n) is 12.8. The number of likely N-dealkylation sites (tertiary alicyclic amines) is 1. The highest BCUT2D eigenvalue weighted by molar-refractivity contribution is 5.92. The van der Waals surface area contributed by atoms with Crippen LogP contribution in [0.25, 0.3) is 10.9 Å². The Kier molecular flexibility index (Phi) is 11.3. The van der Waals surface area contributed by atoms with Crippen LogP contribution in [-0.4, -0.2) is 40.6 Å². The molecule has 0 spiro atoms. The number of anilines is 1. The molecule has 1 saturated heterocycles. The summed E-state index contributed by atoms with van der Waals surface area (Å²) in [5.41, 5.74) is 1.58. The Morgan fingerprint density at radius 3 is 2.46 bits per heavy atom. The number of aromatic nitrogens is 2. The summed E-state index contributed by atoms with van der Waals surface area (Å²) in [5.74, 6) is 3.94. The molecule has 3 rings (SSSR count). The SMILES string of the molecule is C=C/C=C(NC#Cc1cc2c(NC3CCN(C)CC3)nccc2n1C(F)(F)F)\C(=C/C)CC.CC(C)C. The van der Waals surface area contributed by atoms with E-state index < -0.39 is 6.30 Å². The molecule has 8 heteroatoms. The third kappa shape index (κ3) is 8.71. The molecule has 0 aromatic carbocycles. The third-order valence-electron chi connectivity index (χ3n) is 5.79. The molecule has 0 radical (unpaired) electrons. The first-order valence-corrected chi connectivity index (χ1v) is 12.8. The lowest BCUT2D eigenvalue weighted by Crippen LogP contribution is -2.36. The first kappa shape index (κ1) is 30.0. The molecule has 0 saturated carbocycles. The smallest absolute Gasteiger partial charge is 0.367 e. The van der Waals surface area contributed by atoms with Gasteiger partial charge in [-0.25, -0.2) is 9.55 Å². The van der Waals surface area contributed by atoms with Crippen LogP contribution >= 0.6 is 0 Å². The van der Waals surface area contributed by atoms with Gasteiger partial charge in [0.1, 0.15) is 11.5 Å². The Bertz CT molecular complexity index is 1150. The average Bonchev–Trinajstić information content (AvgIpc) is 3.21. The minimum atomic E-state index is -4.62. The topological polar surface area (TPSA) is 45.1 Å². The molecule has 1 aliphatic rings. The zero-order chi connectivity index (χ0) is 27.6. The van der Waals surface area contributed by atoms with E-state index >= 15 is 0 Å². The Morgan fingerprint density at radius 2 is 1.92 bits per heavy atom. The normalized spacial score (nSPS) is 15.6. The van der Waals surface area contributed by atoms with Gasteiger partial charge in [0.05, 0.1) is 5.52 Å². The third-order valence-corrected chi connectivity index (χ3v) is 5.79. The van der Waals surface area contributed by atoms with Crippen LogP contribution in [0.5, 0.6) is 0 Å². The van der Waals surface area contributed by atoms with Gasteiger partial charge in [0, 0.05) is 29.4 Å². The van der Waals surface area contributed by atoms with Gasteiger partial charge >= 0.3 is 6.30 Å². The summed E-state index contributed by atoms with van der Waals surface area (Å²) in [4.78, 5) is 6.57. The van der Waals surface area contributed by atoms with Crippen molar-refractivity contribution in [2.75, 3.05) is 25.5 Å². The van der Waals surface area contributed by atoms with Gasteiger partial charge in [0.25, 0.3) is 0 Å². The van der Waals surface area contributed by atoms with Crippen molar-refractivity contribution in [1.29, 1.82) is 0 Å². The molecule has 202 valence electrons. The fraction of sp³-hybridized carbons (Fsp3) is 0.483. The fourth-order valence-electron chi connectivity index (χ4n) is 4.02. The molecule has 5 nitrogen and oxygen atoms in total. The lowest BCUT2D eigenvalue weighted by atomic mass is 10.1. The molecule has 2 aromatic heterocycles. The Labute approximate surface area is 219 Å². The van der Waals surface area contributed by atoms with Crippen molar-refractivity contribution in [2.24, 2.45) is 5.92 Å². The number of hydrogen-bond acceptors (Lipinski definition) is 4. The van der Waals surface area contributed by atoms with Crippen LogP contribution in [-0.2, 0) is 6.30 Å². The maximum absolute atomic E-state index is 14.0. The van der Waals surface area contributed by atoms with Gasteiger partial charge in [-0.15, -0.1) is 13.2 Å². The van der Waals surface area contributed by atoms with Crippen LogP contribution in [0, 0.1) is 17.9 Å². The maximum atomic E-state index is 14.0. The predicted octanol–water partition coefficient (Wildman–Crippen LogP) is 7.01. The van der Waals surface area contributed by atoms with Crippen LogP contribution in [0.3, 0.4) is 0 Å². The number of pyridine rings is 1. The summed E-state index contributed by atoms with van der Waals surface area (Å²) in [7, 11) is 2.06. The Balaban J connectivity index is 0.00000112. The molecule has 2 N–H and O–H groups in total. The van der Waals surface area contributed by atoms with Crippen molar-refractivity contribution in [3.63, 3.8) is 0 Å². The highest BCUT2D eigenvalue weighted by Crippen LogP contribution is 2.34. The molecular weight excluding hydrogens is 475 g/mol. The van der Waals surface area contributed by atoms with Crippen LogP contribution in [0.1, 0.15) is 59.6 Å². The van der Waals surface area contributed by atoms with Crippen LogP contribution in [0.2, 0.25) is 0 Å². The highest BCUT2D eigenvalue weighted by atomic mass is 19.4. The van der Waals surface area contributed by atoms with E-state index in [0.29, 0.717) is 21.5 Å². The molecular formula is C29H40F3N5. The Hall–Kier alpha value is -3.18. The largest absolute Gasteiger partial charge is 0.489 e. The minimum Gasteiger partial charge on any atom is -0.367 e. The lowest BCUT2D eigenvalue weighted by molar-refractivity contribution is -0.201. The minimum absolute atomic E-state index is 0.0294. The summed E-state index contributed by atoms with van der Waals surface area (Å²) in [6.07, 6.45) is 4.66. The lowest BCUT2D eigenvalue weighted by Gasteiger charge is -2.29. The van der Waals surface area contributed by atoms with Crippen molar-refractivity contribution < 1.29 is 13.2 Å². The first-order chi connectivity index (χ1) is 17.5. The van der Waals surface area contributed by atoms with Gasteiger partial charge in [0.2, 0.25) is 0 Å². The van der Waals surface area contributed by atoms with E-state index in [1.807, 2.05) is 19.9 Å². The van der Waals surface area contributed by atoms with Gasteiger partial charge in [0.15, 0.2) is 0 Å². The molecule has 0 unspecified atom stereocenters. The van der Waals surface area contributed by atoms with E-state index in [2.05, 4.69) is 66.9 Å². The average molecular weight is 516 g/mol. The summed E-state index contributed by atoms with van der Waals surface area (Å²) in [6, 6.07) is 5.69. The molecule has 1 fully saturated rings. The van der Waals surface area contributed by atoms with Crippen LogP contribution in [0.15, 0.2) is 54.4 Å². The van der Waals surface area contributed by atoms with E-state index in [1.54, 1.807) is 12.2 Å². The second kappa shape index (κ2) is 13.9. The van der Waals surface area contributed by atoms with Crippen molar-refractivity contribution in [3.8, 4) is 12.0 Å². The van der Waals surface area contributed by atoms with E-state index in [-0.39, 0.29) is 17.3 Å². The number of halogens is 3. The number of fused-ring (bicyclic) bond motifs is 1. The monoisotopic (exact) mass is 515 g/mol. The second-order valence-electron chi connectivity index (χ2n) is 9.74. The number of nitrogens with zero attached hydrogens (tertiary/aromatic N) is 3. The number of alkyl halides is 3. The molecule has 0 amide bonds. The van der Waals surface area contributed by atoms with E-state index in [1.165, 1.54) is 18.3 Å². The van der Waals surface area contributed by atoms with E-state index in [4.69, 9.17) is 0 Å². The number of piperidine rings is 1. The number of hydrogen-bond donors (Lipinski definition) is 2. The number of allylic oxidation sites excluding steroid dienone is 4. The van der Waals surface area contributed by atoms with Crippen LogP contribution in [0.4, 0.5) is 19.0 Å². The maximum Gasteiger partial charge on any atom is 0.489 e. The van der Waals surface area contributed by atoms with Crippen molar-refractivity contribution in [1.82, 2.24) is 19.8 Å². The second-order valence-corrected chi connectivity index (χ2v) is 9.74. The molecule has 1 aliphatic heterocycles. The Morgan fingerprint density at radius 1 is 1.27 bits per heavy atom. The van der Waals surface area contributed by atoms with Gasteiger partial charge in [-0.05, 0) is 81.9 Å². The van der Waals surface area contributed by atoms with Crippen molar-refractivity contribution in [3.05, 3.63) is 60.1 Å². The zero-order valence-corrected chi connectivity index (χ0v) is 22.8. The molecule has 2 aromatic rings. The van der Waals surface area contributed by atoms with Gasteiger partial charge in [-0.2, -0.15) is 0 Å². The number of nitrogens with one attached hydrogen (secondary N) is 2. The highest BCUT2D eigenvalue weighted by Gasteiger charge is 2.35. The van der Waals surface area contributed by atoms with E-state index in [0.717, 1.165) is 43.8 Å². The zero-order valence-electron chi connectivity index (χ0n) is 22.8. The quantitative estimate of drug-likeness (QED) is 0.247. The predicted molar refractivity (Wildman–Crippen MR) is 148 cm³/mol. The summed E-state index contributed by atoms with van der Waals surface area (Å²) >= 11 is 0. The summed E-state index contributed by atoms with van der Waals surface area (Å²) < 4.78 is 42.3.